The van der Waals surface area contributed by atoms with Gasteiger partial charge in [0.25, 0.3) is 5.91 Å². The minimum atomic E-state index is -0.0689. The lowest BCUT2D eigenvalue weighted by molar-refractivity contribution is -0.116. The highest BCUT2D eigenvalue weighted by molar-refractivity contribution is 8.00. The number of rotatable bonds is 6. The van der Waals surface area contributed by atoms with Crippen LogP contribution in [0.1, 0.15) is 15.9 Å². The number of anilines is 1. The van der Waals surface area contributed by atoms with E-state index in [1.54, 1.807) is 11.8 Å². The van der Waals surface area contributed by atoms with Gasteiger partial charge in [0.2, 0.25) is 5.91 Å². The largest absolute Gasteiger partial charge is 0.379 e. The Labute approximate surface area is 175 Å². The average Bonchev–Trinajstić information content (AvgIpc) is 2.77. The first-order valence-electron chi connectivity index (χ1n) is 9.90. The van der Waals surface area contributed by atoms with Gasteiger partial charge in [-0.25, -0.2) is 0 Å². The van der Waals surface area contributed by atoms with E-state index in [0.717, 1.165) is 49.0 Å². The summed E-state index contributed by atoms with van der Waals surface area (Å²) in [5, 5.41) is 2.98. The molecule has 2 aliphatic heterocycles. The number of carbonyl (C=O) groups excluding carboxylic acids is 2. The molecule has 0 aliphatic carbocycles. The molecule has 2 aliphatic rings. The summed E-state index contributed by atoms with van der Waals surface area (Å²) in [6, 6.07) is 15.5. The number of amides is 2. The van der Waals surface area contributed by atoms with Crippen molar-refractivity contribution in [3.63, 3.8) is 0 Å². The fourth-order valence-corrected chi connectivity index (χ4v) is 4.46. The number of thioether (sulfide) groups is 1. The molecular weight excluding hydrogens is 386 g/mol. The van der Waals surface area contributed by atoms with Gasteiger partial charge in [-0.3, -0.25) is 14.5 Å². The zero-order valence-electron chi connectivity index (χ0n) is 16.3. The van der Waals surface area contributed by atoms with Crippen LogP contribution in [0.15, 0.2) is 53.4 Å². The molecule has 0 unspecified atom stereocenters. The molecule has 2 heterocycles. The van der Waals surface area contributed by atoms with Crippen LogP contribution in [-0.2, 0) is 16.1 Å². The van der Waals surface area contributed by atoms with Gasteiger partial charge in [0.05, 0.1) is 31.2 Å². The average molecular weight is 412 g/mol. The molecule has 1 fully saturated rings. The second-order valence-corrected chi connectivity index (χ2v) is 8.16. The molecule has 1 N–H and O–H groups in total. The number of benzene rings is 2. The van der Waals surface area contributed by atoms with Crippen LogP contribution >= 0.6 is 11.8 Å². The number of ether oxygens (including phenoxy) is 1. The number of carbonyl (C=O) groups is 2. The third kappa shape index (κ3) is 4.98. The Morgan fingerprint density at radius 1 is 1.07 bits per heavy atom. The van der Waals surface area contributed by atoms with Gasteiger partial charge < -0.3 is 15.0 Å². The van der Waals surface area contributed by atoms with E-state index >= 15 is 0 Å². The van der Waals surface area contributed by atoms with Crippen LogP contribution in [0.4, 0.5) is 5.69 Å². The van der Waals surface area contributed by atoms with Crippen molar-refractivity contribution in [1.29, 1.82) is 0 Å². The number of nitrogens with zero attached hydrogens (tertiary/aromatic N) is 2. The zero-order chi connectivity index (χ0) is 20.1. The van der Waals surface area contributed by atoms with Crippen molar-refractivity contribution in [2.24, 2.45) is 0 Å². The fourth-order valence-electron chi connectivity index (χ4n) is 3.53. The Balaban J connectivity index is 1.33. The van der Waals surface area contributed by atoms with E-state index in [2.05, 4.69) is 10.2 Å². The Bertz CT molecular complexity index is 866. The number of morpholine rings is 1. The van der Waals surface area contributed by atoms with Crippen molar-refractivity contribution in [3.05, 3.63) is 59.7 Å². The van der Waals surface area contributed by atoms with Crippen LogP contribution in [0.2, 0.25) is 0 Å². The number of hydrogen-bond acceptors (Lipinski definition) is 5. The Morgan fingerprint density at radius 3 is 2.62 bits per heavy atom. The Hall–Kier alpha value is -2.35. The van der Waals surface area contributed by atoms with Gasteiger partial charge in [-0.1, -0.05) is 24.3 Å². The quantitative estimate of drug-likeness (QED) is 0.791. The second kappa shape index (κ2) is 9.43. The lowest BCUT2D eigenvalue weighted by atomic mass is 10.1. The fraction of sp³-hybridized carbons (Fsp3) is 0.364. The predicted molar refractivity (Wildman–Crippen MR) is 114 cm³/mol. The van der Waals surface area contributed by atoms with Crippen molar-refractivity contribution in [3.8, 4) is 0 Å². The molecule has 0 radical (unpaired) electrons. The van der Waals surface area contributed by atoms with Crippen LogP contribution < -0.4 is 10.2 Å². The number of nitrogens with one attached hydrogen (secondary N) is 1. The first-order valence-corrected chi connectivity index (χ1v) is 10.9. The van der Waals surface area contributed by atoms with Crippen LogP contribution in [0.3, 0.4) is 0 Å². The van der Waals surface area contributed by atoms with E-state index in [4.69, 9.17) is 4.74 Å². The lowest BCUT2D eigenvalue weighted by Gasteiger charge is -2.29. The number of hydrogen-bond donors (Lipinski definition) is 1. The molecule has 0 saturated carbocycles. The molecule has 2 aromatic rings. The van der Waals surface area contributed by atoms with Crippen molar-refractivity contribution in [1.82, 2.24) is 10.2 Å². The van der Waals surface area contributed by atoms with Gasteiger partial charge in [-0.2, -0.15) is 0 Å². The van der Waals surface area contributed by atoms with E-state index in [9.17, 15) is 9.59 Å². The van der Waals surface area contributed by atoms with Crippen LogP contribution in [0.5, 0.6) is 0 Å². The van der Waals surface area contributed by atoms with Gasteiger partial charge in [-0.15, -0.1) is 11.8 Å². The van der Waals surface area contributed by atoms with E-state index in [-0.39, 0.29) is 11.8 Å². The summed E-state index contributed by atoms with van der Waals surface area (Å²) in [4.78, 5) is 30.0. The molecule has 0 aromatic heterocycles. The Kier molecular flexibility index (Phi) is 6.49. The highest BCUT2D eigenvalue weighted by Crippen LogP contribution is 2.35. The van der Waals surface area contributed by atoms with Gasteiger partial charge in [0, 0.05) is 36.6 Å². The molecule has 29 heavy (non-hydrogen) atoms. The normalized spacial score (nSPS) is 17.1. The summed E-state index contributed by atoms with van der Waals surface area (Å²) in [5.41, 5.74) is 2.60. The number of para-hydroxylation sites is 1. The molecule has 2 aromatic carbocycles. The molecule has 152 valence electrons. The first-order chi connectivity index (χ1) is 14.2. The SMILES string of the molecule is O=C(NCCN1CCOCC1)c1ccc(CN2C(=O)CSc3ccccc32)cc1. The molecule has 6 nitrogen and oxygen atoms in total. The second-order valence-electron chi connectivity index (χ2n) is 7.14. The highest BCUT2D eigenvalue weighted by Gasteiger charge is 2.24. The number of fused-ring (bicyclic) bond motifs is 1. The van der Waals surface area contributed by atoms with E-state index < -0.39 is 0 Å². The first kappa shape index (κ1) is 19.9. The summed E-state index contributed by atoms with van der Waals surface area (Å²) in [6.45, 7) is 5.33. The molecule has 0 atom stereocenters. The summed E-state index contributed by atoms with van der Waals surface area (Å²) >= 11 is 1.58. The van der Waals surface area contributed by atoms with Crippen molar-refractivity contribution >= 4 is 29.3 Å². The van der Waals surface area contributed by atoms with Crippen molar-refractivity contribution in [2.45, 2.75) is 11.4 Å². The highest BCUT2D eigenvalue weighted by atomic mass is 32.2. The Morgan fingerprint density at radius 2 is 1.83 bits per heavy atom. The monoisotopic (exact) mass is 411 g/mol. The summed E-state index contributed by atoms with van der Waals surface area (Å²) in [7, 11) is 0. The maximum absolute atomic E-state index is 12.4. The van der Waals surface area contributed by atoms with E-state index in [0.29, 0.717) is 24.4 Å². The minimum Gasteiger partial charge on any atom is -0.379 e. The molecule has 1 saturated heterocycles. The van der Waals surface area contributed by atoms with Crippen LogP contribution in [-0.4, -0.2) is 61.9 Å². The van der Waals surface area contributed by atoms with Gasteiger partial charge in [0.1, 0.15) is 0 Å². The summed E-state index contributed by atoms with van der Waals surface area (Å²) in [5.74, 6) is 0.500. The molecule has 2 amide bonds. The summed E-state index contributed by atoms with van der Waals surface area (Å²) < 4.78 is 5.33. The molecule has 0 bridgehead atoms. The predicted octanol–water partition coefficient (Wildman–Crippen LogP) is 2.39. The molecule has 0 spiro atoms. The van der Waals surface area contributed by atoms with Crippen molar-refractivity contribution in [2.75, 3.05) is 50.0 Å². The molecular formula is C22H25N3O3S. The van der Waals surface area contributed by atoms with Crippen LogP contribution in [0.25, 0.3) is 0 Å². The summed E-state index contributed by atoms with van der Waals surface area (Å²) in [6.07, 6.45) is 0. The minimum absolute atomic E-state index is 0.0689. The van der Waals surface area contributed by atoms with Gasteiger partial charge >= 0.3 is 0 Å². The smallest absolute Gasteiger partial charge is 0.251 e. The van der Waals surface area contributed by atoms with Crippen molar-refractivity contribution < 1.29 is 14.3 Å². The maximum Gasteiger partial charge on any atom is 0.251 e. The van der Waals surface area contributed by atoms with Gasteiger partial charge in [0.15, 0.2) is 0 Å². The third-order valence-corrected chi connectivity index (χ3v) is 6.23. The van der Waals surface area contributed by atoms with E-state index in [1.807, 2.05) is 53.4 Å². The third-order valence-electron chi connectivity index (χ3n) is 5.18. The molecule has 7 heteroatoms. The lowest BCUT2D eigenvalue weighted by Crippen LogP contribution is -2.41. The maximum atomic E-state index is 12.4. The van der Waals surface area contributed by atoms with Gasteiger partial charge in [-0.05, 0) is 29.8 Å². The van der Waals surface area contributed by atoms with Crippen LogP contribution in [0, 0.1) is 0 Å². The standard InChI is InChI=1S/C22H25N3O3S/c26-21-16-29-20-4-2-1-3-19(20)25(21)15-17-5-7-18(8-6-17)22(27)23-9-10-24-11-13-28-14-12-24/h1-8H,9-16H2,(H,23,27). The topological polar surface area (TPSA) is 61.9 Å². The van der Waals surface area contributed by atoms with E-state index in [1.165, 1.54) is 0 Å². The zero-order valence-corrected chi connectivity index (χ0v) is 17.1. The molecule has 4 rings (SSSR count).